The number of hydrogen-bond acceptors (Lipinski definition) is 4. The first kappa shape index (κ1) is 27.5. The lowest BCUT2D eigenvalue weighted by Crippen LogP contribution is -2.51. The van der Waals surface area contributed by atoms with Crippen molar-refractivity contribution < 1.29 is 18.0 Å². The van der Waals surface area contributed by atoms with E-state index < -0.39 is 22.0 Å². The second kappa shape index (κ2) is 12.7. The van der Waals surface area contributed by atoms with Gasteiger partial charge in [0.1, 0.15) is 6.04 Å². The Labute approximate surface area is 204 Å². The van der Waals surface area contributed by atoms with Crippen molar-refractivity contribution in [2.45, 2.75) is 64.4 Å². The standard InChI is InChI=1S/C26H37N3O4S/c1-6-29(7-2)34(32,33)23-15-11-14-22(18-23)25(30)28-24(19(3)4)26(31)27-20(5)16-17-21-12-9-8-10-13-21/h8-15,18-20,24H,6-7,16-17H2,1-5H3,(H,27,31)(H,28,30)/t20-,24-/m0/s1. The lowest BCUT2D eigenvalue weighted by atomic mass is 10.0. The number of nitrogens with zero attached hydrogens (tertiary/aromatic N) is 1. The van der Waals surface area contributed by atoms with Crippen LogP contribution in [0.15, 0.2) is 59.5 Å². The fourth-order valence-corrected chi connectivity index (χ4v) is 5.21. The van der Waals surface area contributed by atoms with Gasteiger partial charge in [0.2, 0.25) is 15.9 Å². The van der Waals surface area contributed by atoms with Crippen molar-refractivity contribution in [2.24, 2.45) is 5.92 Å². The summed E-state index contributed by atoms with van der Waals surface area (Å²) in [5.41, 5.74) is 1.40. The van der Waals surface area contributed by atoms with Crippen molar-refractivity contribution in [1.82, 2.24) is 14.9 Å². The highest BCUT2D eigenvalue weighted by molar-refractivity contribution is 7.89. The minimum Gasteiger partial charge on any atom is -0.352 e. The molecule has 0 unspecified atom stereocenters. The quantitative estimate of drug-likeness (QED) is 0.478. The molecule has 2 atom stereocenters. The van der Waals surface area contributed by atoms with E-state index in [1.54, 1.807) is 26.0 Å². The van der Waals surface area contributed by atoms with E-state index in [9.17, 15) is 18.0 Å². The van der Waals surface area contributed by atoms with Crippen LogP contribution in [0.1, 0.15) is 57.0 Å². The van der Waals surface area contributed by atoms with Crippen LogP contribution in [0.4, 0.5) is 0 Å². The third-order valence-corrected chi connectivity index (χ3v) is 7.82. The lowest BCUT2D eigenvalue weighted by molar-refractivity contribution is -0.124. The van der Waals surface area contributed by atoms with Gasteiger partial charge in [-0.25, -0.2) is 8.42 Å². The summed E-state index contributed by atoms with van der Waals surface area (Å²) in [6.45, 7) is 9.89. The van der Waals surface area contributed by atoms with E-state index in [4.69, 9.17) is 0 Å². The van der Waals surface area contributed by atoms with Crippen molar-refractivity contribution in [3.8, 4) is 0 Å². The molecule has 7 nitrogen and oxygen atoms in total. The summed E-state index contributed by atoms with van der Waals surface area (Å²) >= 11 is 0. The van der Waals surface area contributed by atoms with Crippen LogP contribution in [0.25, 0.3) is 0 Å². The monoisotopic (exact) mass is 487 g/mol. The van der Waals surface area contributed by atoms with E-state index in [0.717, 1.165) is 12.8 Å². The molecule has 0 spiro atoms. The van der Waals surface area contributed by atoms with Crippen LogP contribution < -0.4 is 10.6 Å². The van der Waals surface area contributed by atoms with Gasteiger partial charge in [-0.15, -0.1) is 0 Å². The first-order valence-electron chi connectivity index (χ1n) is 11.9. The van der Waals surface area contributed by atoms with Gasteiger partial charge >= 0.3 is 0 Å². The number of hydrogen-bond donors (Lipinski definition) is 2. The van der Waals surface area contributed by atoms with E-state index in [0.29, 0.717) is 13.1 Å². The van der Waals surface area contributed by atoms with Gasteiger partial charge in [-0.05, 0) is 49.4 Å². The molecule has 0 saturated heterocycles. The van der Waals surface area contributed by atoms with Crippen molar-refractivity contribution in [3.05, 3.63) is 65.7 Å². The normalized spacial score (nSPS) is 13.5. The molecule has 2 aromatic rings. The van der Waals surface area contributed by atoms with E-state index in [-0.39, 0.29) is 28.3 Å². The van der Waals surface area contributed by atoms with Crippen molar-refractivity contribution in [3.63, 3.8) is 0 Å². The number of carbonyl (C=O) groups excluding carboxylic acids is 2. The van der Waals surface area contributed by atoms with Crippen LogP contribution in [0.2, 0.25) is 0 Å². The largest absolute Gasteiger partial charge is 0.352 e. The van der Waals surface area contributed by atoms with Crippen LogP contribution in [-0.4, -0.2) is 49.7 Å². The van der Waals surface area contributed by atoms with Gasteiger partial charge in [-0.2, -0.15) is 4.31 Å². The summed E-state index contributed by atoms with van der Waals surface area (Å²) in [5, 5.41) is 5.79. The zero-order valence-electron chi connectivity index (χ0n) is 20.7. The predicted molar refractivity (Wildman–Crippen MR) is 135 cm³/mol. The summed E-state index contributed by atoms with van der Waals surface area (Å²) in [7, 11) is -3.69. The molecule has 8 heteroatoms. The Morgan fingerprint density at radius 2 is 1.56 bits per heavy atom. The maximum Gasteiger partial charge on any atom is 0.251 e. The zero-order chi connectivity index (χ0) is 25.3. The first-order valence-corrected chi connectivity index (χ1v) is 13.3. The Bertz CT molecular complexity index is 1050. The summed E-state index contributed by atoms with van der Waals surface area (Å²) in [6.07, 6.45) is 1.62. The Kier molecular flexibility index (Phi) is 10.3. The fraction of sp³-hybridized carbons (Fsp3) is 0.462. The molecule has 186 valence electrons. The molecule has 34 heavy (non-hydrogen) atoms. The number of amides is 2. The molecular formula is C26H37N3O4S. The minimum absolute atomic E-state index is 0.0592. The maximum absolute atomic E-state index is 12.9. The summed E-state index contributed by atoms with van der Waals surface area (Å²) < 4.78 is 27.0. The number of sulfonamides is 1. The Morgan fingerprint density at radius 3 is 2.15 bits per heavy atom. The molecule has 0 fully saturated rings. The maximum atomic E-state index is 12.9. The Hall–Kier alpha value is -2.71. The van der Waals surface area contributed by atoms with Crippen LogP contribution in [0.5, 0.6) is 0 Å². The molecule has 2 N–H and O–H groups in total. The van der Waals surface area contributed by atoms with E-state index in [2.05, 4.69) is 22.8 Å². The average Bonchev–Trinajstić information content (AvgIpc) is 2.82. The highest BCUT2D eigenvalue weighted by Gasteiger charge is 2.27. The predicted octanol–water partition coefficient (Wildman–Crippen LogP) is 3.61. The highest BCUT2D eigenvalue weighted by atomic mass is 32.2. The van der Waals surface area contributed by atoms with Gasteiger partial charge in [-0.3, -0.25) is 9.59 Å². The van der Waals surface area contributed by atoms with Crippen LogP contribution >= 0.6 is 0 Å². The van der Waals surface area contributed by atoms with Crippen LogP contribution in [0.3, 0.4) is 0 Å². The second-order valence-corrected chi connectivity index (χ2v) is 10.7. The smallest absolute Gasteiger partial charge is 0.251 e. The number of aryl methyl sites for hydroxylation is 1. The molecule has 0 aliphatic carbocycles. The number of rotatable bonds is 12. The van der Waals surface area contributed by atoms with Crippen molar-refractivity contribution >= 4 is 21.8 Å². The van der Waals surface area contributed by atoms with Crippen LogP contribution in [0, 0.1) is 5.92 Å². The zero-order valence-corrected chi connectivity index (χ0v) is 21.6. The average molecular weight is 488 g/mol. The molecule has 0 saturated carbocycles. The Morgan fingerprint density at radius 1 is 0.912 bits per heavy atom. The molecule has 0 aromatic heterocycles. The molecular weight excluding hydrogens is 450 g/mol. The van der Waals surface area contributed by atoms with Gasteiger partial charge in [0.25, 0.3) is 5.91 Å². The molecule has 0 aliphatic rings. The summed E-state index contributed by atoms with van der Waals surface area (Å²) in [6, 6.07) is 15.2. The molecule has 0 aliphatic heterocycles. The Balaban J connectivity index is 2.07. The van der Waals surface area contributed by atoms with Gasteiger partial charge in [-0.1, -0.05) is 64.1 Å². The second-order valence-electron chi connectivity index (χ2n) is 8.75. The highest BCUT2D eigenvalue weighted by Crippen LogP contribution is 2.17. The number of nitrogens with one attached hydrogen (secondary N) is 2. The van der Waals surface area contributed by atoms with Crippen LogP contribution in [-0.2, 0) is 21.2 Å². The fourth-order valence-electron chi connectivity index (χ4n) is 3.70. The first-order chi connectivity index (χ1) is 16.1. The molecule has 2 aromatic carbocycles. The van der Waals surface area contributed by atoms with E-state index in [1.807, 2.05) is 39.0 Å². The number of carbonyl (C=O) groups is 2. The molecule has 2 rings (SSSR count). The van der Waals surface area contributed by atoms with Gasteiger partial charge in [0.15, 0.2) is 0 Å². The van der Waals surface area contributed by atoms with E-state index in [1.165, 1.54) is 22.0 Å². The van der Waals surface area contributed by atoms with Crippen molar-refractivity contribution in [2.75, 3.05) is 13.1 Å². The van der Waals surface area contributed by atoms with Gasteiger partial charge in [0.05, 0.1) is 4.90 Å². The molecule has 2 amide bonds. The molecule has 0 heterocycles. The van der Waals surface area contributed by atoms with Gasteiger partial charge in [0, 0.05) is 24.7 Å². The molecule has 0 bridgehead atoms. The number of benzene rings is 2. The lowest BCUT2D eigenvalue weighted by Gasteiger charge is -2.24. The summed E-state index contributed by atoms with van der Waals surface area (Å²) in [5.74, 6) is -0.883. The van der Waals surface area contributed by atoms with E-state index >= 15 is 0 Å². The van der Waals surface area contributed by atoms with Gasteiger partial charge < -0.3 is 10.6 Å². The summed E-state index contributed by atoms with van der Waals surface area (Å²) in [4.78, 5) is 25.9. The van der Waals surface area contributed by atoms with Crippen molar-refractivity contribution in [1.29, 1.82) is 0 Å². The third kappa shape index (κ3) is 7.40. The third-order valence-electron chi connectivity index (χ3n) is 5.77. The topological polar surface area (TPSA) is 95.6 Å². The minimum atomic E-state index is -3.69. The molecule has 0 radical (unpaired) electrons. The SMILES string of the molecule is CCN(CC)S(=O)(=O)c1cccc(C(=O)N[C@H](C(=O)N[C@@H](C)CCc2ccccc2)C(C)C)c1.